The summed E-state index contributed by atoms with van der Waals surface area (Å²) in [6.07, 6.45) is 1.99. The van der Waals surface area contributed by atoms with Crippen molar-refractivity contribution in [3.05, 3.63) is 34.3 Å². The van der Waals surface area contributed by atoms with E-state index in [0.717, 1.165) is 12.0 Å². The molecule has 2 aromatic rings. The fraction of sp³-hybridized carbons (Fsp3) is 0.476. The fourth-order valence-electron chi connectivity index (χ4n) is 3.19. The highest BCUT2D eigenvalue weighted by Crippen LogP contribution is 2.29. The molecule has 1 aromatic heterocycles. The lowest BCUT2D eigenvalue weighted by molar-refractivity contribution is 0.0293. The summed E-state index contributed by atoms with van der Waals surface area (Å²) in [5.41, 5.74) is 1.58. The number of benzene rings is 1. The smallest absolute Gasteiger partial charge is 0.410 e. The van der Waals surface area contributed by atoms with Gasteiger partial charge in [0.15, 0.2) is 5.13 Å². The van der Waals surface area contributed by atoms with Gasteiger partial charge < -0.3 is 25.4 Å². The van der Waals surface area contributed by atoms with Crippen molar-refractivity contribution < 1.29 is 19.4 Å². The van der Waals surface area contributed by atoms with Gasteiger partial charge >= 0.3 is 6.09 Å². The number of thiazole rings is 1. The number of ether oxygens (including phenoxy) is 1. The molecule has 1 unspecified atom stereocenters. The number of rotatable bonds is 4. The zero-order valence-electron chi connectivity index (χ0n) is 17.9. The molecule has 0 spiro atoms. The van der Waals surface area contributed by atoms with Gasteiger partial charge in [0.05, 0.1) is 11.9 Å². The Kier molecular flexibility index (Phi) is 6.21. The van der Waals surface area contributed by atoms with E-state index in [4.69, 9.17) is 4.74 Å². The summed E-state index contributed by atoms with van der Waals surface area (Å²) < 4.78 is 5.42. The third-order valence-electron chi connectivity index (χ3n) is 4.78. The first kappa shape index (κ1) is 21.9. The second-order valence-corrected chi connectivity index (χ2v) is 9.47. The van der Waals surface area contributed by atoms with Gasteiger partial charge in [-0.25, -0.2) is 9.78 Å². The second kappa shape index (κ2) is 8.51. The lowest BCUT2D eigenvalue weighted by atomic mass is 10.1. The van der Waals surface area contributed by atoms with E-state index >= 15 is 0 Å². The van der Waals surface area contributed by atoms with Crippen LogP contribution in [-0.2, 0) is 4.74 Å². The van der Waals surface area contributed by atoms with Crippen molar-refractivity contribution in [3.8, 4) is 5.75 Å². The minimum atomic E-state index is -0.521. The summed E-state index contributed by atoms with van der Waals surface area (Å²) >= 11 is 1.25. The molecule has 1 aromatic carbocycles. The molecule has 162 valence electrons. The Bertz CT molecular complexity index is 951. The lowest BCUT2D eigenvalue weighted by Crippen LogP contribution is -2.36. The lowest BCUT2D eigenvalue weighted by Gasteiger charge is -2.24. The molecule has 2 amide bonds. The van der Waals surface area contributed by atoms with Crippen molar-refractivity contribution in [1.82, 2.24) is 9.88 Å². The molecule has 0 radical (unpaired) electrons. The average molecular weight is 433 g/mol. The van der Waals surface area contributed by atoms with Crippen LogP contribution in [0.2, 0.25) is 0 Å². The van der Waals surface area contributed by atoms with Crippen molar-refractivity contribution in [3.63, 3.8) is 0 Å². The SMILES string of the molecule is Cc1ccc(O)c(C)c1NC(=O)c1cnc(NC2CCN(C(=O)OC(C)(C)C)C2)s1. The number of aryl methyl sites for hydroxylation is 1. The number of nitrogens with zero attached hydrogens (tertiary/aromatic N) is 2. The van der Waals surface area contributed by atoms with Crippen LogP contribution < -0.4 is 10.6 Å². The number of hydrogen-bond acceptors (Lipinski definition) is 7. The molecule has 3 rings (SSSR count). The van der Waals surface area contributed by atoms with E-state index in [2.05, 4.69) is 15.6 Å². The van der Waals surface area contributed by atoms with Gasteiger partial charge in [0.25, 0.3) is 5.91 Å². The van der Waals surface area contributed by atoms with Crippen LogP contribution in [0.4, 0.5) is 15.6 Å². The molecular weight excluding hydrogens is 404 g/mol. The standard InChI is InChI=1S/C21H28N4O4S/c1-12-6-7-15(26)13(2)17(12)24-18(27)16-10-22-19(30-16)23-14-8-9-25(11-14)20(28)29-21(3,4)5/h6-7,10,14,26H,8-9,11H2,1-5H3,(H,22,23)(H,24,27). The normalized spacial score (nSPS) is 16.4. The number of nitrogens with one attached hydrogen (secondary N) is 2. The van der Waals surface area contributed by atoms with E-state index in [-0.39, 0.29) is 23.8 Å². The van der Waals surface area contributed by atoms with E-state index in [0.29, 0.717) is 34.3 Å². The van der Waals surface area contributed by atoms with Gasteiger partial charge in [-0.2, -0.15) is 0 Å². The second-order valence-electron chi connectivity index (χ2n) is 8.44. The molecule has 0 saturated carbocycles. The number of anilines is 2. The summed E-state index contributed by atoms with van der Waals surface area (Å²) in [6.45, 7) is 10.3. The molecule has 8 nitrogen and oxygen atoms in total. The molecule has 30 heavy (non-hydrogen) atoms. The molecule has 1 atom stereocenters. The summed E-state index contributed by atoms with van der Waals surface area (Å²) in [6, 6.07) is 3.42. The fourth-order valence-corrected chi connectivity index (χ4v) is 3.98. The Balaban J connectivity index is 1.59. The van der Waals surface area contributed by atoms with Crippen LogP contribution in [0.25, 0.3) is 0 Å². The number of phenols is 1. The van der Waals surface area contributed by atoms with Crippen molar-refractivity contribution in [2.75, 3.05) is 23.7 Å². The van der Waals surface area contributed by atoms with Gasteiger partial charge in [0, 0.05) is 24.7 Å². The quantitative estimate of drug-likeness (QED) is 0.671. The zero-order valence-corrected chi connectivity index (χ0v) is 18.7. The number of amides is 2. The molecule has 1 aliphatic rings. The van der Waals surface area contributed by atoms with Gasteiger partial charge in [-0.15, -0.1) is 0 Å². The topological polar surface area (TPSA) is 104 Å². The molecule has 9 heteroatoms. The van der Waals surface area contributed by atoms with Crippen LogP contribution in [0.5, 0.6) is 5.75 Å². The van der Waals surface area contributed by atoms with Crippen LogP contribution in [-0.4, -0.2) is 51.7 Å². The van der Waals surface area contributed by atoms with Crippen LogP contribution in [0.15, 0.2) is 18.3 Å². The zero-order chi connectivity index (χ0) is 22.1. The summed E-state index contributed by atoms with van der Waals surface area (Å²) in [4.78, 5) is 31.3. The Morgan fingerprint density at radius 2 is 2.03 bits per heavy atom. The maximum atomic E-state index is 12.6. The first-order valence-electron chi connectivity index (χ1n) is 9.84. The maximum absolute atomic E-state index is 12.6. The third kappa shape index (κ3) is 5.21. The summed E-state index contributed by atoms with van der Waals surface area (Å²) in [5, 5.41) is 16.7. The molecular formula is C21H28N4O4S. The molecule has 1 saturated heterocycles. The van der Waals surface area contributed by atoms with Gasteiger partial charge in [-0.1, -0.05) is 17.4 Å². The van der Waals surface area contributed by atoms with Crippen LogP contribution in [0, 0.1) is 13.8 Å². The first-order chi connectivity index (χ1) is 14.0. The molecule has 0 bridgehead atoms. The van der Waals surface area contributed by atoms with Crippen molar-refractivity contribution >= 4 is 34.2 Å². The van der Waals surface area contributed by atoms with Crippen molar-refractivity contribution in [2.45, 2.75) is 52.7 Å². The van der Waals surface area contributed by atoms with E-state index in [1.54, 1.807) is 24.0 Å². The number of aromatic nitrogens is 1. The predicted molar refractivity (Wildman–Crippen MR) is 117 cm³/mol. The van der Waals surface area contributed by atoms with Crippen molar-refractivity contribution in [2.24, 2.45) is 0 Å². The number of aromatic hydroxyl groups is 1. The molecule has 1 fully saturated rings. The Hall–Kier alpha value is -2.81. The first-order valence-corrected chi connectivity index (χ1v) is 10.7. The number of hydrogen-bond donors (Lipinski definition) is 3. The van der Waals surface area contributed by atoms with E-state index in [1.807, 2.05) is 27.7 Å². The number of phenolic OH excluding ortho intramolecular Hbond substituents is 1. The Morgan fingerprint density at radius 1 is 1.30 bits per heavy atom. The monoisotopic (exact) mass is 432 g/mol. The summed E-state index contributed by atoms with van der Waals surface area (Å²) in [7, 11) is 0. The van der Waals surface area contributed by atoms with Crippen LogP contribution >= 0.6 is 11.3 Å². The Morgan fingerprint density at radius 3 is 2.73 bits per heavy atom. The van der Waals surface area contributed by atoms with E-state index in [9.17, 15) is 14.7 Å². The average Bonchev–Trinajstić information content (AvgIpc) is 3.30. The van der Waals surface area contributed by atoms with Gasteiger partial charge in [-0.05, 0) is 52.7 Å². The van der Waals surface area contributed by atoms with Crippen LogP contribution in [0.1, 0.15) is 48.0 Å². The summed E-state index contributed by atoms with van der Waals surface area (Å²) in [5.74, 6) is -0.141. The van der Waals surface area contributed by atoms with Gasteiger partial charge in [0.1, 0.15) is 16.2 Å². The third-order valence-corrected chi connectivity index (χ3v) is 5.71. The minimum absolute atomic E-state index is 0.0511. The molecule has 3 N–H and O–H groups in total. The highest BCUT2D eigenvalue weighted by molar-refractivity contribution is 7.17. The maximum Gasteiger partial charge on any atom is 0.410 e. The van der Waals surface area contributed by atoms with E-state index in [1.165, 1.54) is 17.5 Å². The van der Waals surface area contributed by atoms with Gasteiger partial charge in [0.2, 0.25) is 0 Å². The molecule has 0 aliphatic carbocycles. The Labute approximate surface area is 180 Å². The molecule has 1 aliphatic heterocycles. The number of carbonyl (C=O) groups excluding carboxylic acids is 2. The number of carbonyl (C=O) groups is 2. The molecule has 2 heterocycles. The van der Waals surface area contributed by atoms with E-state index < -0.39 is 5.60 Å². The van der Waals surface area contributed by atoms with Crippen molar-refractivity contribution in [1.29, 1.82) is 0 Å². The minimum Gasteiger partial charge on any atom is -0.508 e. The largest absolute Gasteiger partial charge is 0.508 e. The predicted octanol–water partition coefficient (Wildman–Crippen LogP) is 4.14. The number of likely N-dealkylation sites (tertiary alicyclic amines) is 1. The van der Waals surface area contributed by atoms with Crippen LogP contribution in [0.3, 0.4) is 0 Å². The highest BCUT2D eigenvalue weighted by Gasteiger charge is 2.30. The highest BCUT2D eigenvalue weighted by atomic mass is 32.1. The van der Waals surface area contributed by atoms with Gasteiger partial charge in [-0.3, -0.25) is 4.79 Å².